The van der Waals surface area contributed by atoms with E-state index < -0.39 is 0 Å². The Hall–Kier alpha value is -2.61. The van der Waals surface area contributed by atoms with Crippen molar-refractivity contribution in [2.45, 2.75) is 65.5 Å². The number of aryl methyl sites for hydroxylation is 3. The minimum atomic E-state index is 0.208. The number of likely N-dealkylation sites (tertiary alicyclic amines) is 1. The lowest BCUT2D eigenvalue weighted by Gasteiger charge is -2.26. The van der Waals surface area contributed by atoms with Gasteiger partial charge in [0.2, 0.25) is 5.91 Å². The molecule has 1 saturated heterocycles. The fourth-order valence-electron chi connectivity index (χ4n) is 4.19. The van der Waals surface area contributed by atoms with Crippen molar-refractivity contribution in [1.82, 2.24) is 14.7 Å². The summed E-state index contributed by atoms with van der Waals surface area (Å²) in [7, 11) is 0. The van der Waals surface area contributed by atoms with Gasteiger partial charge >= 0.3 is 0 Å². The van der Waals surface area contributed by atoms with Crippen LogP contribution >= 0.6 is 0 Å². The molecule has 142 valence electrons. The third-order valence-corrected chi connectivity index (χ3v) is 5.68. The molecule has 1 aromatic carbocycles. The largest absolute Gasteiger partial charge is 0.336 e. The molecule has 0 saturated carbocycles. The third-order valence-electron chi connectivity index (χ3n) is 5.68. The average molecular weight is 364 g/mol. The molecule has 2 heterocycles. The molecule has 2 aromatic rings. The van der Waals surface area contributed by atoms with E-state index in [0.717, 1.165) is 36.3 Å². The van der Waals surface area contributed by atoms with Crippen molar-refractivity contribution < 1.29 is 4.79 Å². The van der Waals surface area contributed by atoms with Gasteiger partial charge < -0.3 is 4.90 Å². The molecule has 1 atom stereocenters. The maximum absolute atomic E-state index is 13.0. The maximum Gasteiger partial charge on any atom is 0.223 e. The molecule has 0 radical (unpaired) electrons. The summed E-state index contributed by atoms with van der Waals surface area (Å²) in [5.41, 5.74) is 5.73. The third kappa shape index (κ3) is 4.05. The molecule has 1 unspecified atom stereocenters. The number of nitrogens with zero attached hydrogens (tertiary/aromatic N) is 4. The Labute approximate surface area is 161 Å². The van der Waals surface area contributed by atoms with Gasteiger partial charge in [0.05, 0.1) is 30.8 Å². The number of hydrogen-bond acceptors (Lipinski definition) is 3. The van der Waals surface area contributed by atoms with Crippen LogP contribution in [0.3, 0.4) is 0 Å². The Morgan fingerprint density at radius 3 is 2.81 bits per heavy atom. The summed E-state index contributed by atoms with van der Waals surface area (Å²) in [5, 5.41) is 13.3. The van der Waals surface area contributed by atoms with Crippen LogP contribution in [0.1, 0.15) is 59.8 Å². The Bertz CT molecular complexity index is 862. The summed E-state index contributed by atoms with van der Waals surface area (Å²) < 4.78 is 1.89. The van der Waals surface area contributed by atoms with E-state index in [1.165, 1.54) is 11.1 Å². The lowest BCUT2D eigenvalue weighted by molar-refractivity contribution is -0.132. The van der Waals surface area contributed by atoms with Gasteiger partial charge in [-0.3, -0.25) is 9.48 Å². The quantitative estimate of drug-likeness (QED) is 0.778. The monoisotopic (exact) mass is 364 g/mol. The first-order valence-corrected chi connectivity index (χ1v) is 9.77. The molecule has 27 heavy (non-hydrogen) atoms. The lowest BCUT2D eigenvalue weighted by Crippen LogP contribution is -2.31. The smallest absolute Gasteiger partial charge is 0.223 e. The fourth-order valence-corrected chi connectivity index (χ4v) is 4.19. The standard InChI is InChI=1S/C22H28N4O/c1-16-8-4-5-9-19(16)21-10-6-14-25(21)22(27)12-11-20-17(2)24-26(18(20)3)15-7-13-23/h4-5,8-9,21H,6-7,10-12,14-15H2,1-3H3. The predicted octanol–water partition coefficient (Wildman–Crippen LogP) is 4.02. The predicted molar refractivity (Wildman–Crippen MR) is 105 cm³/mol. The van der Waals surface area contributed by atoms with Gasteiger partial charge in [-0.2, -0.15) is 10.4 Å². The molecule has 1 aromatic heterocycles. The van der Waals surface area contributed by atoms with E-state index in [1.54, 1.807) is 0 Å². The zero-order chi connectivity index (χ0) is 19.4. The van der Waals surface area contributed by atoms with Gasteiger partial charge in [-0.25, -0.2) is 0 Å². The number of amides is 1. The molecule has 0 N–H and O–H groups in total. The van der Waals surface area contributed by atoms with Gasteiger partial charge in [-0.1, -0.05) is 24.3 Å². The van der Waals surface area contributed by atoms with Gasteiger partial charge in [0.1, 0.15) is 0 Å². The molecule has 0 aliphatic carbocycles. The van der Waals surface area contributed by atoms with Crippen molar-refractivity contribution in [1.29, 1.82) is 5.26 Å². The molecular weight excluding hydrogens is 336 g/mol. The number of carbonyl (C=O) groups excluding carboxylic acids is 1. The second-order valence-electron chi connectivity index (χ2n) is 7.38. The van der Waals surface area contributed by atoms with Crippen LogP contribution in [0.4, 0.5) is 0 Å². The molecule has 5 heteroatoms. The minimum Gasteiger partial charge on any atom is -0.336 e. The summed E-state index contributed by atoms with van der Waals surface area (Å²) >= 11 is 0. The van der Waals surface area contributed by atoms with Crippen molar-refractivity contribution in [3.05, 3.63) is 52.3 Å². The minimum absolute atomic E-state index is 0.208. The SMILES string of the molecule is Cc1ccccc1C1CCCN1C(=O)CCc1c(C)nn(CCC#N)c1C. The van der Waals surface area contributed by atoms with E-state index >= 15 is 0 Å². The van der Waals surface area contributed by atoms with E-state index in [0.29, 0.717) is 25.8 Å². The van der Waals surface area contributed by atoms with E-state index in [4.69, 9.17) is 5.26 Å². The van der Waals surface area contributed by atoms with Crippen LogP contribution in [0.2, 0.25) is 0 Å². The fraction of sp³-hybridized carbons (Fsp3) is 0.500. The van der Waals surface area contributed by atoms with Crippen LogP contribution in [-0.4, -0.2) is 27.1 Å². The van der Waals surface area contributed by atoms with Gasteiger partial charge in [0.15, 0.2) is 0 Å². The molecule has 3 rings (SSSR count). The van der Waals surface area contributed by atoms with Crippen molar-refractivity contribution in [2.75, 3.05) is 6.54 Å². The summed E-state index contributed by atoms with van der Waals surface area (Å²) in [6.45, 7) is 7.60. The summed E-state index contributed by atoms with van der Waals surface area (Å²) in [6, 6.07) is 10.8. The molecule has 0 spiro atoms. The Morgan fingerprint density at radius 2 is 2.07 bits per heavy atom. The van der Waals surface area contributed by atoms with E-state index in [2.05, 4.69) is 47.3 Å². The van der Waals surface area contributed by atoms with Gasteiger partial charge in [-0.05, 0) is 56.7 Å². The van der Waals surface area contributed by atoms with Crippen molar-refractivity contribution in [3.63, 3.8) is 0 Å². The molecular formula is C22H28N4O. The second-order valence-corrected chi connectivity index (χ2v) is 7.38. The molecule has 1 aliphatic rings. The normalized spacial score (nSPS) is 16.5. The maximum atomic E-state index is 13.0. The number of rotatable bonds is 6. The first-order valence-electron chi connectivity index (χ1n) is 9.77. The topological polar surface area (TPSA) is 61.9 Å². The number of nitriles is 1. The highest BCUT2D eigenvalue weighted by atomic mass is 16.2. The molecule has 5 nitrogen and oxygen atoms in total. The van der Waals surface area contributed by atoms with Crippen LogP contribution in [0, 0.1) is 32.1 Å². The van der Waals surface area contributed by atoms with Crippen molar-refractivity contribution >= 4 is 5.91 Å². The van der Waals surface area contributed by atoms with E-state index in [-0.39, 0.29) is 11.9 Å². The van der Waals surface area contributed by atoms with Gasteiger partial charge in [0.25, 0.3) is 0 Å². The van der Waals surface area contributed by atoms with Crippen molar-refractivity contribution in [2.24, 2.45) is 0 Å². The zero-order valence-electron chi connectivity index (χ0n) is 16.5. The molecule has 1 aliphatic heterocycles. The van der Waals surface area contributed by atoms with E-state index in [1.807, 2.05) is 18.5 Å². The van der Waals surface area contributed by atoms with Gasteiger partial charge in [0, 0.05) is 18.7 Å². The zero-order valence-corrected chi connectivity index (χ0v) is 16.5. The second kappa shape index (κ2) is 8.39. The number of aromatic nitrogens is 2. The van der Waals surface area contributed by atoms with Crippen LogP contribution < -0.4 is 0 Å². The van der Waals surface area contributed by atoms with Crippen molar-refractivity contribution in [3.8, 4) is 6.07 Å². The van der Waals surface area contributed by atoms with Crippen LogP contribution in [0.5, 0.6) is 0 Å². The average Bonchev–Trinajstić information content (AvgIpc) is 3.24. The first kappa shape index (κ1) is 19.2. The van der Waals surface area contributed by atoms with Crippen LogP contribution in [-0.2, 0) is 17.8 Å². The molecule has 1 fully saturated rings. The number of benzene rings is 1. The van der Waals surface area contributed by atoms with Crippen LogP contribution in [0.15, 0.2) is 24.3 Å². The van der Waals surface area contributed by atoms with E-state index in [9.17, 15) is 4.79 Å². The molecule has 0 bridgehead atoms. The Kier molecular flexibility index (Phi) is 5.95. The number of hydrogen-bond donors (Lipinski definition) is 0. The summed E-state index contributed by atoms with van der Waals surface area (Å²) in [5.74, 6) is 0.226. The van der Waals surface area contributed by atoms with Gasteiger partial charge in [-0.15, -0.1) is 0 Å². The first-order chi connectivity index (χ1) is 13.0. The summed E-state index contributed by atoms with van der Waals surface area (Å²) in [6.07, 6.45) is 3.77. The number of carbonyl (C=O) groups is 1. The molecule has 1 amide bonds. The highest BCUT2D eigenvalue weighted by Crippen LogP contribution is 2.34. The summed E-state index contributed by atoms with van der Waals surface area (Å²) in [4.78, 5) is 15.0. The van der Waals surface area contributed by atoms with Crippen LogP contribution in [0.25, 0.3) is 0 Å². The Balaban J connectivity index is 1.68. The Morgan fingerprint density at radius 1 is 1.30 bits per heavy atom. The highest BCUT2D eigenvalue weighted by Gasteiger charge is 2.30. The highest BCUT2D eigenvalue weighted by molar-refractivity contribution is 5.77. The lowest BCUT2D eigenvalue weighted by atomic mass is 9.99.